The van der Waals surface area contributed by atoms with Crippen LogP contribution in [0.3, 0.4) is 0 Å². The molecular formula is C16H27N3O. The second-order valence-electron chi connectivity index (χ2n) is 5.73. The van der Waals surface area contributed by atoms with Gasteiger partial charge in [0.2, 0.25) is 0 Å². The van der Waals surface area contributed by atoms with E-state index >= 15 is 0 Å². The maximum Gasteiger partial charge on any atom is 0.128 e. The molecule has 1 unspecified atom stereocenters. The van der Waals surface area contributed by atoms with Gasteiger partial charge in [-0.15, -0.1) is 0 Å². The van der Waals surface area contributed by atoms with Crippen LogP contribution >= 0.6 is 0 Å². The van der Waals surface area contributed by atoms with Gasteiger partial charge in [0.1, 0.15) is 5.82 Å². The summed E-state index contributed by atoms with van der Waals surface area (Å²) >= 11 is 0. The first-order valence-electron chi connectivity index (χ1n) is 7.74. The smallest absolute Gasteiger partial charge is 0.128 e. The largest absolute Gasteiger partial charge is 0.376 e. The Bertz CT molecular complexity index is 402. The van der Waals surface area contributed by atoms with E-state index in [9.17, 15) is 0 Å². The monoisotopic (exact) mass is 277 g/mol. The van der Waals surface area contributed by atoms with Gasteiger partial charge in [0.05, 0.1) is 6.10 Å². The maximum atomic E-state index is 5.73. The summed E-state index contributed by atoms with van der Waals surface area (Å²) in [4.78, 5) is 6.84. The highest BCUT2D eigenvalue weighted by atomic mass is 16.5. The Kier molecular flexibility index (Phi) is 5.80. The zero-order valence-electron chi connectivity index (χ0n) is 12.9. The number of nitrogens with zero attached hydrogens (tertiary/aromatic N) is 2. The molecule has 1 aromatic rings. The van der Waals surface area contributed by atoms with Crippen molar-refractivity contribution in [2.75, 3.05) is 24.6 Å². The first kappa shape index (κ1) is 15.3. The van der Waals surface area contributed by atoms with Crippen molar-refractivity contribution >= 4 is 5.82 Å². The van der Waals surface area contributed by atoms with E-state index in [4.69, 9.17) is 4.74 Å². The molecule has 1 aromatic heterocycles. The molecule has 1 atom stereocenters. The molecule has 112 valence electrons. The number of nitrogens with one attached hydrogen (secondary N) is 1. The Labute approximate surface area is 122 Å². The average Bonchev–Trinajstić information content (AvgIpc) is 2.96. The summed E-state index contributed by atoms with van der Waals surface area (Å²) < 4.78 is 5.73. The van der Waals surface area contributed by atoms with Crippen LogP contribution in [0.5, 0.6) is 0 Å². The van der Waals surface area contributed by atoms with Gasteiger partial charge in [-0.25, -0.2) is 4.98 Å². The molecule has 4 nitrogen and oxygen atoms in total. The molecule has 0 aromatic carbocycles. The minimum atomic E-state index is 0.370. The van der Waals surface area contributed by atoms with E-state index < -0.39 is 0 Å². The molecule has 1 fully saturated rings. The molecule has 1 saturated heterocycles. The predicted octanol–water partition coefficient (Wildman–Crippen LogP) is 2.58. The van der Waals surface area contributed by atoms with E-state index in [1.807, 2.05) is 6.20 Å². The van der Waals surface area contributed by atoms with Crippen LogP contribution in [0.25, 0.3) is 0 Å². The van der Waals surface area contributed by atoms with Gasteiger partial charge in [-0.1, -0.05) is 13.8 Å². The third kappa shape index (κ3) is 4.46. The highest BCUT2D eigenvalue weighted by molar-refractivity contribution is 5.41. The fourth-order valence-corrected chi connectivity index (χ4v) is 2.48. The third-order valence-electron chi connectivity index (χ3n) is 3.68. The van der Waals surface area contributed by atoms with Crippen LogP contribution < -0.4 is 10.2 Å². The molecule has 1 aliphatic rings. The van der Waals surface area contributed by atoms with E-state index in [-0.39, 0.29) is 0 Å². The number of rotatable bonds is 7. The van der Waals surface area contributed by atoms with Crippen LogP contribution in [-0.4, -0.2) is 36.8 Å². The maximum absolute atomic E-state index is 5.73. The molecule has 0 aliphatic carbocycles. The number of hydrogen-bond acceptors (Lipinski definition) is 4. The van der Waals surface area contributed by atoms with Gasteiger partial charge >= 0.3 is 0 Å². The zero-order chi connectivity index (χ0) is 14.4. The van der Waals surface area contributed by atoms with E-state index in [0.717, 1.165) is 32.1 Å². The van der Waals surface area contributed by atoms with Crippen LogP contribution in [-0.2, 0) is 11.3 Å². The minimum Gasteiger partial charge on any atom is -0.376 e. The highest BCUT2D eigenvalue weighted by Gasteiger charge is 2.19. The lowest BCUT2D eigenvalue weighted by atomic mass is 10.2. The van der Waals surface area contributed by atoms with Gasteiger partial charge in [-0.05, 0) is 37.5 Å². The lowest BCUT2D eigenvalue weighted by Gasteiger charge is -2.25. The summed E-state index contributed by atoms with van der Waals surface area (Å²) in [5.74, 6) is 1.06. The number of pyridine rings is 1. The third-order valence-corrected chi connectivity index (χ3v) is 3.68. The summed E-state index contributed by atoms with van der Waals surface area (Å²) in [5.41, 5.74) is 1.29. The molecule has 0 spiro atoms. The van der Waals surface area contributed by atoms with Gasteiger partial charge in [-0.2, -0.15) is 0 Å². The lowest BCUT2D eigenvalue weighted by molar-refractivity contribution is 0.115. The molecule has 0 saturated carbocycles. The molecule has 0 amide bonds. The first-order chi connectivity index (χ1) is 9.69. The molecule has 0 bridgehead atoms. The van der Waals surface area contributed by atoms with Crippen molar-refractivity contribution < 1.29 is 4.74 Å². The molecule has 4 heteroatoms. The lowest BCUT2D eigenvalue weighted by Crippen LogP contribution is -2.32. The molecule has 1 N–H and O–H groups in total. The molecule has 2 rings (SSSR count). The average molecular weight is 277 g/mol. The SMILES string of the molecule is CCN(CC1CCCO1)c1cc(CNC(C)C)ccn1. The van der Waals surface area contributed by atoms with Crippen molar-refractivity contribution in [1.29, 1.82) is 0 Å². The van der Waals surface area contributed by atoms with E-state index in [1.165, 1.54) is 18.4 Å². The fourth-order valence-electron chi connectivity index (χ4n) is 2.48. The van der Waals surface area contributed by atoms with Crippen molar-refractivity contribution in [2.45, 2.75) is 52.3 Å². The minimum absolute atomic E-state index is 0.370. The summed E-state index contributed by atoms with van der Waals surface area (Å²) in [6.45, 7) is 10.2. The Hall–Kier alpha value is -1.13. The number of likely N-dealkylation sites (N-methyl/N-ethyl adjacent to an activating group) is 1. The number of aromatic nitrogens is 1. The molecular weight excluding hydrogens is 250 g/mol. The number of ether oxygens (including phenoxy) is 1. The van der Waals surface area contributed by atoms with Gasteiger partial charge in [0, 0.05) is 38.5 Å². The van der Waals surface area contributed by atoms with Gasteiger partial charge in [0.15, 0.2) is 0 Å². The van der Waals surface area contributed by atoms with Gasteiger partial charge in [-0.3, -0.25) is 0 Å². The number of anilines is 1. The second kappa shape index (κ2) is 7.60. The van der Waals surface area contributed by atoms with Crippen molar-refractivity contribution in [1.82, 2.24) is 10.3 Å². The predicted molar refractivity (Wildman–Crippen MR) is 83.1 cm³/mol. The quantitative estimate of drug-likeness (QED) is 0.831. The Balaban J connectivity index is 1.99. The van der Waals surface area contributed by atoms with Crippen molar-refractivity contribution in [2.24, 2.45) is 0 Å². The highest BCUT2D eigenvalue weighted by Crippen LogP contribution is 2.18. The van der Waals surface area contributed by atoms with Crippen LogP contribution in [0.4, 0.5) is 5.82 Å². The van der Waals surface area contributed by atoms with Crippen molar-refractivity contribution in [3.05, 3.63) is 23.9 Å². The van der Waals surface area contributed by atoms with Crippen molar-refractivity contribution in [3.8, 4) is 0 Å². The Morgan fingerprint density at radius 3 is 3.00 bits per heavy atom. The molecule has 0 radical (unpaired) electrons. The first-order valence-corrected chi connectivity index (χ1v) is 7.74. The number of hydrogen-bond donors (Lipinski definition) is 1. The van der Waals surface area contributed by atoms with Gasteiger partial charge < -0.3 is 15.0 Å². The van der Waals surface area contributed by atoms with Crippen LogP contribution in [0.15, 0.2) is 18.3 Å². The van der Waals surface area contributed by atoms with Crippen LogP contribution in [0, 0.1) is 0 Å². The Morgan fingerprint density at radius 1 is 1.50 bits per heavy atom. The van der Waals surface area contributed by atoms with E-state index in [0.29, 0.717) is 12.1 Å². The summed E-state index contributed by atoms with van der Waals surface area (Å²) in [7, 11) is 0. The van der Waals surface area contributed by atoms with Gasteiger partial charge in [0.25, 0.3) is 0 Å². The standard InChI is InChI=1S/C16H27N3O/c1-4-19(12-15-6-5-9-20-15)16-10-14(7-8-17-16)11-18-13(2)3/h7-8,10,13,15,18H,4-6,9,11-12H2,1-3H3. The van der Waals surface area contributed by atoms with Crippen molar-refractivity contribution in [3.63, 3.8) is 0 Å². The summed E-state index contributed by atoms with van der Waals surface area (Å²) in [6.07, 6.45) is 4.64. The van der Waals surface area contributed by atoms with E-state index in [2.05, 4.69) is 48.1 Å². The molecule has 20 heavy (non-hydrogen) atoms. The van der Waals surface area contributed by atoms with Crippen LogP contribution in [0.2, 0.25) is 0 Å². The fraction of sp³-hybridized carbons (Fsp3) is 0.688. The molecule has 1 aliphatic heterocycles. The zero-order valence-corrected chi connectivity index (χ0v) is 12.9. The second-order valence-corrected chi connectivity index (χ2v) is 5.73. The van der Waals surface area contributed by atoms with E-state index in [1.54, 1.807) is 0 Å². The Morgan fingerprint density at radius 2 is 2.35 bits per heavy atom. The summed E-state index contributed by atoms with van der Waals surface area (Å²) in [5, 5.41) is 3.45. The topological polar surface area (TPSA) is 37.4 Å². The normalized spacial score (nSPS) is 18.7. The summed E-state index contributed by atoms with van der Waals surface area (Å²) in [6, 6.07) is 4.77. The van der Waals surface area contributed by atoms with Crippen LogP contribution in [0.1, 0.15) is 39.2 Å². The molecule has 2 heterocycles.